The minimum atomic E-state index is -2.87. The maximum atomic E-state index is 11.0. The molecule has 14 heavy (non-hydrogen) atoms. The highest BCUT2D eigenvalue weighted by atomic mass is 32.2. The predicted octanol–water partition coefficient (Wildman–Crippen LogP) is -0.853. The number of carbonyl (C=O) groups is 1. The monoisotopic (exact) mass is 222 g/mol. The van der Waals surface area contributed by atoms with Crippen LogP contribution >= 0.6 is 0 Å². The fourth-order valence-electron chi connectivity index (χ4n) is 0.852. The Morgan fingerprint density at radius 3 is 2.50 bits per heavy atom. The van der Waals surface area contributed by atoms with Crippen LogP contribution < -0.4 is 10.6 Å². The molecule has 0 aliphatic rings. The van der Waals surface area contributed by atoms with Crippen molar-refractivity contribution in [2.24, 2.45) is 0 Å². The predicted molar refractivity (Wildman–Crippen MR) is 55.9 cm³/mol. The van der Waals surface area contributed by atoms with E-state index in [1.165, 1.54) is 0 Å². The van der Waals surface area contributed by atoms with Crippen LogP contribution in [0.1, 0.15) is 13.3 Å². The Morgan fingerprint density at radius 2 is 2.00 bits per heavy atom. The molecule has 0 spiro atoms. The quantitative estimate of drug-likeness (QED) is 0.550. The van der Waals surface area contributed by atoms with E-state index < -0.39 is 9.84 Å². The second-order valence-corrected chi connectivity index (χ2v) is 5.41. The van der Waals surface area contributed by atoms with Gasteiger partial charge in [0.2, 0.25) is 5.91 Å². The van der Waals surface area contributed by atoms with Crippen molar-refractivity contribution in [1.82, 2.24) is 10.6 Å². The molecule has 0 radical (unpaired) electrons. The van der Waals surface area contributed by atoms with Gasteiger partial charge in [-0.2, -0.15) is 0 Å². The van der Waals surface area contributed by atoms with E-state index in [-0.39, 0.29) is 24.0 Å². The zero-order valence-corrected chi connectivity index (χ0v) is 9.49. The molecule has 0 saturated carbocycles. The lowest BCUT2D eigenvalue weighted by Gasteiger charge is -2.03. The third-order valence-corrected chi connectivity index (χ3v) is 3.60. The lowest BCUT2D eigenvalue weighted by atomic mass is 10.4. The Balaban J connectivity index is 3.44. The molecule has 0 unspecified atom stereocenters. The normalized spacial score (nSPS) is 11.3. The zero-order valence-electron chi connectivity index (χ0n) is 8.67. The first-order chi connectivity index (χ1) is 6.52. The maximum absolute atomic E-state index is 11.0. The van der Waals surface area contributed by atoms with Crippen molar-refractivity contribution in [3.63, 3.8) is 0 Å². The van der Waals surface area contributed by atoms with Gasteiger partial charge in [-0.1, -0.05) is 6.92 Å². The maximum Gasteiger partial charge on any atom is 0.233 e. The minimum absolute atomic E-state index is 0.0941. The summed E-state index contributed by atoms with van der Waals surface area (Å²) in [6.07, 6.45) is 0.549. The van der Waals surface area contributed by atoms with E-state index in [4.69, 9.17) is 0 Å². The summed E-state index contributed by atoms with van der Waals surface area (Å²) in [5.41, 5.74) is 0. The summed E-state index contributed by atoms with van der Waals surface area (Å²) < 4.78 is 22.1. The molecular weight excluding hydrogens is 204 g/mol. The third kappa shape index (κ3) is 6.85. The van der Waals surface area contributed by atoms with Crippen LogP contribution in [-0.4, -0.2) is 46.0 Å². The van der Waals surface area contributed by atoms with Crippen LogP contribution in [0.3, 0.4) is 0 Å². The molecule has 84 valence electrons. The molecule has 0 bridgehead atoms. The largest absolute Gasteiger partial charge is 0.358 e. The van der Waals surface area contributed by atoms with Crippen LogP contribution in [0.25, 0.3) is 0 Å². The molecular formula is C8H18N2O3S. The van der Waals surface area contributed by atoms with Crippen molar-refractivity contribution >= 4 is 15.7 Å². The molecule has 0 atom stereocenters. The van der Waals surface area contributed by atoms with Crippen LogP contribution in [-0.2, 0) is 14.6 Å². The Morgan fingerprint density at radius 1 is 1.36 bits per heavy atom. The first-order valence-electron chi connectivity index (χ1n) is 4.63. The smallest absolute Gasteiger partial charge is 0.233 e. The van der Waals surface area contributed by atoms with Crippen LogP contribution in [0.2, 0.25) is 0 Å². The molecule has 0 fully saturated rings. The fourth-order valence-corrected chi connectivity index (χ4v) is 1.72. The van der Waals surface area contributed by atoms with E-state index in [1.807, 2.05) is 0 Å². The van der Waals surface area contributed by atoms with E-state index in [1.54, 1.807) is 14.0 Å². The summed E-state index contributed by atoms with van der Waals surface area (Å²) >= 11 is 0. The number of hydrogen-bond donors (Lipinski definition) is 2. The van der Waals surface area contributed by atoms with Gasteiger partial charge in [-0.25, -0.2) is 8.42 Å². The van der Waals surface area contributed by atoms with E-state index >= 15 is 0 Å². The number of sulfone groups is 1. The number of amides is 1. The standard InChI is InChI=1S/C8H18N2O3S/c1-3-14(12,13)6-4-5-10-7-8(11)9-2/h10H,3-7H2,1-2H3,(H,9,11). The van der Waals surface area contributed by atoms with Crippen molar-refractivity contribution < 1.29 is 13.2 Å². The molecule has 0 aromatic carbocycles. The Hall–Kier alpha value is -0.620. The number of rotatable bonds is 7. The second-order valence-electron chi connectivity index (χ2n) is 2.94. The summed E-state index contributed by atoms with van der Waals surface area (Å²) in [5, 5.41) is 5.32. The molecule has 0 saturated heterocycles. The van der Waals surface area contributed by atoms with Gasteiger partial charge in [-0.3, -0.25) is 4.79 Å². The van der Waals surface area contributed by atoms with Crippen molar-refractivity contribution in [3.8, 4) is 0 Å². The lowest BCUT2D eigenvalue weighted by Crippen LogP contribution is -2.32. The van der Waals surface area contributed by atoms with Crippen molar-refractivity contribution in [2.75, 3.05) is 31.6 Å². The first-order valence-corrected chi connectivity index (χ1v) is 6.45. The van der Waals surface area contributed by atoms with Gasteiger partial charge >= 0.3 is 0 Å². The summed E-state index contributed by atoms with van der Waals surface area (Å²) in [6, 6.07) is 0. The van der Waals surface area contributed by atoms with Crippen LogP contribution in [0.15, 0.2) is 0 Å². The van der Waals surface area contributed by atoms with Gasteiger partial charge in [-0.05, 0) is 13.0 Å². The molecule has 0 aromatic rings. The minimum Gasteiger partial charge on any atom is -0.358 e. The molecule has 6 heteroatoms. The molecule has 0 heterocycles. The van der Waals surface area contributed by atoms with E-state index in [0.717, 1.165) is 0 Å². The average molecular weight is 222 g/mol. The number of nitrogens with one attached hydrogen (secondary N) is 2. The van der Waals surface area contributed by atoms with Gasteiger partial charge < -0.3 is 10.6 Å². The van der Waals surface area contributed by atoms with E-state index in [2.05, 4.69) is 10.6 Å². The van der Waals surface area contributed by atoms with Gasteiger partial charge in [-0.15, -0.1) is 0 Å². The number of likely N-dealkylation sites (N-methyl/N-ethyl adjacent to an activating group) is 1. The van der Waals surface area contributed by atoms with Gasteiger partial charge in [0.1, 0.15) is 9.84 Å². The van der Waals surface area contributed by atoms with Gasteiger partial charge in [0, 0.05) is 12.8 Å². The van der Waals surface area contributed by atoms with Crippen molar-refractivity contribution in [1.29, 1.82) is 0 Å². The first kappa shape index (κ1) is 13.4. The molecule has 2 N–H and O–H groups in total. The van der Waals surface area contributed by atoms with Crippen molar-refractivity contribution in [2.45, 2.75) is 13.3 Å². The average Bonchev–Trinajstić information content (AvgIpc) is 2.17. The van der Waals surface area contributed by atoms with Gasteiger partial charge in [0.25, 0.3) is 0 Å². The van der Waals surface area contributed by atoms with Crippen LogP contribution in [0.4, 0.5) is 0 Å². The Kier molecular flexibility index (Phi) is 6.48. The lowest BCUT2D eigenvalue weighted by molar-refractivity contribution is -0.119. The molecule has 5 nitrogen and oxygen atoms in total. The molecule has 0 aliphatic heterocycles. The topological polar surface area (TPSA) is 75.3 Å². The second kappa shape index (κ2) is 6.78. The van der Waals surface area contributed by atoms with Gasteiger partial charge in [0.15, 0.2) is 0 Å². The Bertz CT molecular complexity index is 262. The van der Waals surface area contributed by atoms with E-state index in [9.17, 15) is 13.2 Å². The summed E-state index contributed by atoms with van der Waals surface area (Å²) in [7, 11) is -1.31. The number of hydrogen-bond acceptors (Lipinski definition) is 4. The summed E-state index contributed by atoms with van der Waals surface area (Å²) in [5.74, 6) is 0.274. The molecule has 0 aromatic heterocycles. The van der Waals surface area contributed by atoms with Gasteiger partial charge in [0.05, 0.1) is 12.3 Å². The highest BCUT2D eigenvalue weighted by Crippen LogP contribution is 1.91. The summed E-state index contributed by atoms with van der Waals surface area (Å²) in [6.45, 7) is 2.42. The number of carbonyl (C=O) groups excluding carboxylic acids is 1. The Labute approximate surface area is 85.2 Å². The molecule has 0 aliphatic carbocycles. The molecule has 1 amide bonds. The van der Waals surface area contributed by atoms with E-state index in [0.29, 0.717) is 13.0 Å². The summed E-state index contributed by atoms with van der Waals surface area (Å²) in [4.78, 5) is 10.7. The van der Waals surface area contributed by atoms with Crippen LogP contribution in [0, 0.1) is 0 Å². The van der Waals surface area contributed by atoms with Crippen LogP contribution in [0.5, 0.6) is 0 Å². The highest BCUT2D eigenvalue weighted by molar-refractivity contribution is 7.91. The zero-order chi connectivity index (χ0) is 11.0. The SMILES string of the molecule is CCS(=O)(=O)CCCNCC(=O)NC. The molecule has 0 rings (SSSR count). The fraction of sp³-hybridized carbons (Fsp3) is 0.875. The van der Waals surface area contributed by atoms with Crippen molar-refractivity contribution in [3.05, 3.63) is 0 Å². The highest BCUT2D eigenvalue weighted by Gasteiger charge is 2.06. The third-order valence-electron chi connectivity index (χ3n) is 1.81.